The molecule has 0 fully saturated rings. The molecule has 1 amide bonds. The highest BCUT2D eigenvalue weighted by Crippen LogP contribution is 2.37. The Labute approximate surface area is 206 Å². The number of rotatable bonds is 5. The summed E-state index contributed by atoms with van der Waals surface area (Å²) >= 11 is 0. The molecule has 37 heavy (non-hydrogen) atoms. The Hall–Kier alpha value is -4.78. The van der Waals surface area contributed by atoms with Gasteiger partial charge in [-0.15, -0.1) is 0 Å². The highest BCUT2D eigenvalue weighted by molar-refractivity contribution is 5.96. The van der Waals surface area contributed by atoms with E-state index in [1.165, 1.54) is 24.3 Å². The maximum absolute atomic E-state index is 14.5. The number of pyridine rings is 1. The molecule has 4 aromatic rings. The zero-order valence-electron chi connectivity index (χ0n) is 18.8. The summed E-state index contributed by atoms with van der Waals surface area (Å²) in [6.45, 7) is -0.623. The van der Waals surface area contributed by atoms with Crippen molar-refractivity contribution in [2.24, 2.45) is 5.73 Å². The molecular formula is C27H16F5N3O2. The van der Waals surface area contributed by atoms with Crippen LogP contribution in [0.5, 0.6) is 0 Å². The van der Waals surface area contributed by atoms with Gasteiger partial charge in [-0.3, -0.25) is 9.59 Å². The van der Waals surface area contributed by atoms with Gasteiger partial charge in [-0.2, -0.15) is 18.4 Å². The van der Waals surface area contributed by atoms with Crippen LogP contribution in [-0.2, 0) is 12.7 Å². The Kier molecular flexibility index (Phi) is 6.64. The van der Waals surface area contributed by atoms with Crippen molar-refractivity contribution >= 4 is 5.91 Å². The average Bonchev–Trinajstić information content (AvgIpc) is 2.85. The molecule has 0 radical (unpaired) electrons. The number of primary amides is 1. The molecule has 10 heteroatoms. The minimum Gasteiger partial charge on any atom is -0.366 e. The van der Waals surface area contributed by atoms with E-state index in [0.29, 0.717) is 23.3 Å². The molecule has 186 valence electrons. The first kappa shape index (κ1) is 25.3. The third-order valence-corrected chi connectivity index (χ3v) is 5.73. The predicted octanol–water partition coefficient (Wildman–Crippen LogP) is 5.50. The molecule has 0 aliphatic carbocycles. The van der Waals surface area contributed by atoms with E-state index in [0.717, 1.165) is 16.7 Å². The van der Waals surface area contributed by atoms with Crippen LogP contribution in [0.2, 0.25) is 0 Å². The van der Waals surface area contributed by atoms with Gasteiger partial charge >= 0.3 is 6.18 Å². The summed E-state index contributed by atoms with van der Waals surface area (Å²) in [6.07, 6.45) is -5.08. The number of carbonyl (C=O) groups excluding carboxylic acids is 1. The first-order valence-electron chi connectivity index (χ1n) is 10.7. The first-order valence-corrected chi connectivity index (χ1v) is 10.7. The maximum Gasteiger partial charge on any atom is 0.417 e. The number of amides is 1. The average molecular weight is 509 g/mol. The summed E-state index contributed by atoms with van der Waals surface area (Å²) < 4.78 is 70.5. The Morgan fingerprint density at radius 2 is 1.65 bits per heavy atom. The van der Waals surface area contributed by atoms with Gasteiger partial charge in [-0.1, -0.05) is 42.5 Å². The lowest BCUT2D eigenvalue weighted by Crippen LogP contribution is -2.29. The van der Waals surface area contributed by atoms with Crippen LogP contribution in [-0.4, -0.2) is 10.5 Å². The van der Waals surface area contributed by atoms with Crippen LogP contribution in [0.4, 0.5) is 22.0 Å². The lowest BCUT2D eigenvalue weighted by atomic mass is 9.93. The van der Waals surface area contributed by atoms with Gasteiger partial charge in [-0.25, -0.2) is 8.78 Å². The number of nitrogens with zero attached hydrogens (tertiary/aromatic N) is 2. The third-order valence-electron chi connectivity index (χ3n) is 5.73. The standard InChI is InChI=1S/C27H16F5N3O2/c28-18-8-6-17(23(29)11-18)14-35-24(12-22(27(30,31)32)21(13-33)26(35)37)20-10-16(25(34)36)7-9-19(20)15-4-2-1-3-5-15/h1-12H,14H2,(H2,34,36). The third kappa shape index (κ3) is 4.97. The second-order valence-electron chi connectivity index (χ2n) is 8.05. The van der Waals surface area contributed by atoms with Crippen LogP contribution >= 0.6 is 0 Å². The van der Waals surface area contributed by atoms with Crippen molar-refractivity contribution in [3.05, 3.63) is 117 Å². The van der Waals surface area contributed by atoms with Gasteiger partial charge in [0, 0.05) is 22.8 Å². The number of aromatic nitrogens is 1. The second kappa shape index (κ2) is 9.70. The van der Waals surface area contributed by atoms with Crippen molar-refractivity contribution in [1.82, 2.24) is 4.57 Å². The number of nitriles is 1. The molecule has 4 rings (SSSR count). The van der Waals surface area contributed by atoms with E-state index >= 15 is 0 Å². The van der Waals surface area contributed by atoms with Crippen LogP contribution in [0, 0.1) is 23.0 Å². The van der Waals surface area contributed by atoms with Crippen molar-refractivity contribution in [2.75, 3.05) is 0 Å². The van der Waals surface area contributed by atoms with Gasteiger partial charge < -0.3 is 10.3 Å². The fourth-order valence-electron chi connectivity index (χ4n) is 3.96. The second-order valence-corrected chi connectivity index (χ2v) is 8.05. The monoisotopic (exact) mass is 509 g/mol. The number of benzene rings is 3. The molecule has 5 nitrogen and oxygen atoms in total. The quantitative estimate of drug-likeness (QED) is 0.361. The van der Waals surface area contributed by atoms with E-state index in [1.54, 1.807) is 30.3 Å². The Balaban J connectivity index is 2.12. The minimum atomic E-state index is -5.08. The molecule has 0 atom stereocenters. The maximum atomic E-state index is 14.5. The Morgan fingerprint density at radius 3 is 2.24 bits per heavy atom. The van der Waals surface area contributed by atoms with Crippen molar-refractivity contribution in [3.63, 3.8) is 0 Å². The predicted molar refractivity (Wildman–Crippen MR) is 125 cm³/mol. The number of nitrogens with two attached hydrogens (primary N) is 1. The van der Waals surface area contributed by atoms with Gasteiger partial charge in [0.05, 0.1) is 17.8 Å². The zero-order valence-corrected chi connectivity index (χ0v) is 18.8. The summed E-state index contributed by atoms with van der Waals surface area (Å²) in [4.78, 5) is 25.2. The van der Waals surface area contributed by atoms with Gasteiger partial charge in [-0.05, 0) is 35.4 Å². The van der Waals surface area contributed by atoms with Crippen molar-refractivity contribution in [2.45, 2.75) is 12.7 Å². The number of carbonyl (C=O) groups is 1. The summed E-state index contributed by atoms with van der Waals surface area (Å²) in [7, 11) is 0. The van der Waals surface area contributed by atoms with Gasteiger partial charge in [0.15, 0.2) is 0 Å². The molecule has 0 saturated heterocycles. The van der Waals surface area contributed by atoms with Crippen molar-refractivity contribution < 1.29 is 26.7 Å². The topological polar surface area (TPSA) is 88.9 Å². The molecular weight excluding hydrogens is 493 g/mol. The van der Waals surface area contributed by atoms with E-state index in [4.69, 9.17) is 5.73 Å². The molecule has 0 spiro atoms. The van der Waals surface area contributed by atoms with Crippen LogP contribution in [0.25, 0.3) is 22.4 Å². The molecule has 2 N–H and O–H groups in total. The molecule has 1 heterocycles. The normalized spacial score (nSPS) is 11.2. The first-order chi connectivity index (χ1) is 17.5. The van der Waals surface area contributed by atoms with Crippen LogP contribution in [0.3, 0.4) is 0 Å². The summed E-state index contributed by atoms with van der Waals surface area (Å²) in [5.74, 6) is -2.80. The number of hydrogen-bond donors (Lipinski definition) is 1. The van der Waals surface area contributed by atoms with Gasteiger partial charge in [0.1, 0.15) is 23.3 Å². The Morgan fingerprint density at radius 1 is 0.946 bits per heavy atom. The fraction of sp³-hybridized carbons (Fsp3) is 0.0741. The number of alkyl halides is 3. The van der Waals surface area contributed by atoms with E-state index in [1.807, 2.05) is 0 Å². The summed E-state index contributed by atoms with van der Waals surface area (Å²) in [5, 5.41) is 9.41. The highest BCUT2D eigenvalue weighted by Gasteiger charge is 2.37. The van der Waals surface area contributed by atoms with Crippen LogP contribution in [0.15, 0.2) is 77.6 Å². The smallest absolute Gasteiger partial charge is 0.366 e. The van der Waals surface area contributed by atoms with E-state index in [2.05, 4.69) is 0 Å². The lowest BCUT2D eigenvalue weighted by molar-refractivity contribution is -0.137. The largest absolute Gasteiger partial charge is 0.417 e. The molecule has 0 bridgehead atoms. The SMILES string of the molecule is N#Cc1c(C(F)(F)F)cc(-c2cc(C(N)=O)ccc2-c2ccccc2)n(Cc2ccc(F)cc2F)c1=O. The van der Waals surface area contributed by atoms with E-state index < -0.39 is 46.9 Å². The molecule has 0 unspecified atom stereocenters. The molecule has 0 saturated carbocycles. The fourth-order valence-corrected chi connectivity index (χ4v) is 3.96. The van der Waals surface area contributed by atoms with Crippen LogP contribution < -0.4 is 11.3 Å². The van der Waals surface area contributed by atoms with Gasteiger partial charge in [0.25, 0.3) is 5.56 Å². The zero-order chi connectivity index (χ0) is 26.9. The van der Waals surface area contributed by atoms with Crippen LogP contribution in [0.1, 0.15) is 27.0 Å². The van der Waals surface area contributed by atoms with Crippen molar-refractivity contribution in [1.29, 1.82) is 5.26 Å². The Bertz CT molecular complexity index is 1620. The number of hydrogen-bond acceptors (Lipinski definition) is 3. The summed E-state index contributed by atoms with van der Waals surface area (Å²) in [6, 6.07) is 16.9. The molecule has 0 aliphatic rings. The summed E-state index contributed by atoms with van der Waals surface area (Å²) in [5.41, 5.74) is 1.68. The lowest BCUT2D eigenvalue weighted by Gasteiger charge is -2.20. The van der Waals surface area contributed by atoms with Crippen molar-refractivity contribution in [3.8, 4) is 28.5 Å². The molecule has 3 aromatic carbocycles. The van der Waals surface area contributed by atoms with E-state index in [-0.39, 0.29) is 22.4 Å². The highest BCUT2D eigenvalue weighted by atomic mass is 19.4. The number of halogens is 5. The molecule has 0 aliphatic heterocycles. The van der Waals surface area contributed by atoms with Gasteiger partial charge in [0.2, 0.25) is 5.91 Å². The molecule has 1 aromatic heterocycles. The minimum absolute atomic E-state index is 0.0112. The van der Waals surface area contributed by atoms with E-state index in [9.17, 15) is 36.8 Å².